The number of nitrogens with one attached hydrogen (secondary N) is 2. The van der Waals surface area contributed by atoms with E-state index in [4.69, 9.17) is 10.00 Å². The summed E-state index contributed by atoms with van der Waals surface area (Å²) in [6.45, 7) is 5.22. The molecule has 6 heteroatoms. The first-order chi connectivity index (χ1) is 8.60. The first kappa shape index (κ1) is 14.6. The zero-order valence-corrected chi connectivity index (χ0v) is 11.6. The van der Waals surface area contributed by atoms with E-state index < -0.39 is 0 Å². The Morgan fingerprint density at radius 2 is 2.22 bits per heavy atom. The zero-order chi connectivity index (χ0) is 13.5. The summed E-state index contributed by atoms with van der Waals surface area (Å²) in [7, 11) is 1.61. The highest BCUT2D eigenvalue weighted by Gasteiger charge is 2.14. The number of hydrogen-bond donors (Lipinski definition) is 2. The third-order valence-corrected chi connectivity index (χ3v) is 3.64. The van der Waals surface area contributed by atoms with Crippen molar-refractivity contribution in [1.29, 1.82) is 5.26 Å². The van der Waals surface area contributed by atoms with E-state index >= 15 is 0 Å². The minimum absolute atomic E-state index is 0.149. The van der Waals surface area contributed by atoms with Crippen molar-refractivity contribution in [3.8, 4) is 6.07 Å². The van der Waals surface area contributed by atoms with Gasteiger partial charge in [-0.3, -0.25) is 4.79 Å². The number of amides is 1. The quantitative estimate of drug-likeness (QED) is 0.764. The van der Waals surface area contributed by atoms with Gasteiger partial charge in [-0.15, -0.1) is 11.3 Å². The van der Waals surface area contributed by atoms with Crippen LogP contribution in [0.4, 0.5) is 5.00 Å². The van der Waals surface area contributed by atoms with E-state index in [9.17, 15) is 4.79 Å². The van der Waals surface area contributed by atoms with Crippen molar-refractivity contribution in [3.63, 3.8) is 0 Å². The van der Waals surface area contributed by atoms with Crippen LogP contribution in [0.25, 0.3) is 0 Å². The zero-order valence-electron chi connectivity index (χ0n) is 10.8. The second-order valence-corrected chi connectivity index (χ2v) is 5.04. The van der Waals surface area contributed by atoms with E-state index in [-0.39, 0.29) is 12.5 Å². The van der Waals surface area contributed by atoms with Gasteiger partial charge >= 0.3 is 0 Å². The van der Waals surface area contributed by atoms with Crippen molar-refractivity contribution in [1.82, 2.24) is 5.32 Å². The number of thiophene rings is 1. The van der Waals surface area contributed by atoms with Gasteiger partial charge in [0.2, 0.25) is 5.91 Å². The maximum Gasteiger partial charge on any atom is 0.238 e. The number of nitriles is 1. The molecule has 1 aromatic heterocycles. The lowest BCUT2D eigenvalue weighted by Gasteiger charge is -2.05. The SMILES string of the molecule is COCCNCC(=O)Nc1sc(C)c(C)c1C#N. The number of rotatable bonds is 6. The molecule has 2 N–H and O–H groups in total. The standard InChI is InChI=1S/C12H17N3O2S/c1-8-9(2)18-12(10(8)6-13)15-11(16)7-14-4-5-17-3/h14H,4-5,7H2,1-3H3,(H,15,16). The first-order valence-electron chi connectivity index (χ1n) is 5.59. The molecule has 5 nitrogen and oxygen atoms in total. The van der Waals surface area contributed by atoms with Gasteiger partial charge in [0.1, 0.15) is 11.1 Å². The average Bonchev–Trinajstić information content (AvgIpc) is 2.60. The molecule has 0 radical (unpaired) electrons. The molecule has 1 aromatic rings. The number of aryl methyl sites for hydroxylation is 1. The van der Waals surface area contributed by atoms with Gasteiger partial charge in [-0.05, 0) is 19.4 Å². The molecule has 0 saturated heterocycles. The number of carbonyl (C=O) groups is 1. The Hall–Kier alpha value is -1.42. The first-order valence-corrected chi connectivity index (χ1v) is 6.41. The molecule has 0 saturated carbocycles. The summed E-state index contributed by atoms with van der Waals surface area (Å²) in [5.74, 6) is -0.149. The molecule has 0 fully saturated rings. The maximum absolute atomic E-state index is 11.6. The van der Waals surface area contributed by atoms with Crippen molar-refractivity contribution in [2.45, 2.75) is 13.8 Å². The topological polar surface area (TPSA) is 74.2 Å². The van der Waals surface area contributed by atoms with Crippen LogP contribution < -0.4 is 10.6 Å². The van der Waals surface area contributed by atoms with E-state index in [0.29, 0.717) is 23.7 Å². The van der Waals surface area contributed by atoms with Crippen LogP contribution >= 0.6 is 11.3 Å². The van der Waals surface area contributed by atoms with E-state index in [1.54, 1.807) is 7.11 Å². The van der Waals surface area contributed by atoms with Crippen LogP contribution in [-0.4, -0.2) is 32.7 Å². The highest BCUT2D eigenvalue weighted by molar-refractivity contribution is 7.16. The lowest BCUT2D eigenvalue weighted by Crippen LogP contribution is -2.30. The van der Waals surface area contributed by atoms with E-state index in [1.807, 2.05) is 13.8 Å². The molecule has 0 spiro atoms. The molecule has 0 aliphatic carbocycles. The number of hydrogen-bond acceptors (Lipinski definition) is 5. The summed E-state index contributed by atoms with van der Waals surface area (Å²) >= 11 is 1.43. The minimum Gasteiger partial charge on any atom is -0.383 e. The fourth-order valence-corrected chi connectivity index (χ4v) is 2.42. The summed E-state index contributed by atoms with van der Waals surface area (Å²) in [5.41, 5.74) is 1.49. The molecule has 0 aliphatic heterocycles. The van der Waals surface area contributed by atoms with Crippen molar-refractivity contribution < 1.29 is 9.53 Å². The number of carbonyl (C=O) groups excluding carboxylic acids is 1. The summed E-state index contributed by atoms with van der Waals surface area (Å²) < 4.78 is 4.86. The number of anilines is 1. The molecule has 1 amide bonds. The molecule has 0 aliphatic rings. The number of nitrogens with zero attached hydrogens (tertiary/aromatic N) is 1. The van der Waals surface area contributed by atoms with Gasteiger partial charge in [0.25, 0.3) is 0 Å². The van der Waals surface area contributed by atoms with E-state index in [1.165, 1.54) is 11.3 Å². The van der Waals surface area contributed by atoms with Crippen molar-refractivity contribution in [3.05, 3.63) is 16.0 Å². The Kier molecular flexibility index (Phi) is 5.78. The molecule has 0 aromatic carbocycles. The lowest BCUT2D eigenvalue weighted by molar-refractivity contribution is -0.115. The van der Waals surface area contributed by atoms with E-state index in [0.717, 1.165) is 10.4 Å². The fourth-order valence-electron chi connectivity index (χ4n) is 1.40. The Bertz CT molecular complexity index is 463. The Labute approximate surface area is 111 Å². The van der Waals surface area contributed by atoms with Gasteiger partial charge in [0.15, 0.2) is 0 Å². The minimum atomic E-state index is -0.149. The van der Waals surface area contributed by atoms with Gasteiger partial charge in [-0.25, -0.2) is 0 Å². The predicted octanol–water partition coefficient (Wildman–Crippen LogP) is 1.41. The molecule has 0 bridgehead atoms. The monoisotopic (exact) mass is 267 g/mol. The molecule has 0 unspecified atom stereocenters. The normalized spacial score (nSPS) is 10.1. The van der Waals surface area contributed by atoms with Crippen LogP contribution in [0.5, 0.6) is 0 Å². The highest BCUT2D eigenvalue weighted by Crippen LogP contribution is 2.31. The summed E-state index contributed by atoms with van der Waals surface area (Å²) in [6, 6.07) is 2.12. The molecule has 18 heavy (non-hydrogen) atoms. The van der Waals surface area contributed by atoms with Crippen LogP contribution in [-0.2, 0) is 9.53 Å². The largest absolute Gasteiger partial charge is 0.383 e. The second-order valence-electron chi connectivity index (χ2n) is 3.82. The van der Waals surface area contributed by atoms with Crippen LogP contribution in [0.1, 0.15) is 16.0 Å². The van der Waals surface area contributed by atoms with Crippen molar-refractivity contribution >= 4 is 22.2 Å². The highest BCUT2D eigenvalue weighted by atomic mass is 32.1. The molecule has 1 rings (SSSR count). The summed E-state index contributed by atoms with van der Waals surface area (Å²) in [4.78, 5) is 12.7. The maximum atomic E-state index is 11.6. The van der Waals surface area contributed by atoms with Gasteiger partial charge < -0.3 is 15.4 Å². The van der Waals surface area contributed by atoms with Gasteiger partial charge in [0, 0.05) is 18.5 Å². The van der Waals surface area contributed by atoms with Gasteiger partial charge in [-0.1, -0.05) is 0 Å². The smallest absolute Gasteiger partial charge is 0.238 e. The van der Waals surface area contributed by atoms with Crippen LogP contribution in [0.2, 0.25) is 0 Å². The third kappa shape index (κ3) is 3.81. The predicted molar refractivity (Wildman–Crippen MR) is 71.9 cm³/mol. The number of methoxy groups -OCH3 is 1. The lowest BCUT2D eigenvalue weighted by atomic mass is 10.2. The second kappa shape index (κ2) is 7.11. The van der Waals surface area contributed by atoms with Crippen LogP contribution in [0.15, 0.2) is 0 Å². The van der Waals surface area contributed by atoms with Gasteiger partial charge in [0.05, 0.1) is 18.7 Å². The van der Waals surface area contributed by atoms with Crippen LogP contribution in [0.3, 0.4) is 0 Å². The number of ether oxygens (including phenoxy) is 1. The summed E-state index contributed by atoms with van der Waals surface area (Å²) in [5, 5.41) is 15.4. The van der Waals surface area contributed by atoms with Gasteiger partial charge in [-0.2, -0.15) is 5.26 Å². The van der Waals surface area contributed by atoms with E-state index in [2.05, 4.69) is 16.7 Å². The molecule has 0 atom stereocenters. The third-order valence-electron chi connectivity index (χ3n) is 2.52. The van der Waals surface area contributed by atoms with Crippen molar-refractivity contribution in [2.24, 2.45) is 0 Å². The fraction of sp³-hybridized carbons (Fsp3) is 0.500. The molecule has 1 heterocycles. The molecule has 98 valence electrons. The Balaban J connectivity index is 2.55. The summed E-state index contributed by atoms with van der Waals surface area (Å²) in [6.07, 6.45) is 0. The molecular formula is C12H17N3O2S. The average molecular weight is 267 g/mol. The molecular weight excluding hydrogens is 250 g/mol. The van der Waals surface area contributed by atoms with Crippen molar-refractivity contribution in [2.75, 3.05) is 32.1 Å². The van der Waals surface area contributed by atoms with Crippen LogP contribution in [0, 0.1) is 25.2 Å². The Morgan fingerprint density at radius 1 is 1.50 bits per heavy atom. The Morgan fingerprint density at radius 3 is 2.83 bits per heavy atom.